The molecule has 0 saturated heterocycles. The average Bonchev–Trinajstić information content (AvgIpc) is 3.03. The topological polar surface area (TPSA) is 90.8 Å². The van der Waals surface area contributed by atoms with Gasteiger partial charge in [-0.05, 0) is 37.3 Å². The zero-order valence-corrected chi connectivity index (χ0v) is 15.4. The number of aromatic nitrogens is 2. The molecule has 26 heavy (non-hydrogen) atoms. The van der Waals surface area contributed by atoms with Gasteiger partial charge in [0.25, 0.3) is 0 Å². The summed E-state index contributed by atoms with van der Waals surface area (Å²) in [5, 5.41) is 12.9. The Labute approximate surface area is 159 Å². The van der Waals surface area contributed by atoms with Gasteiger partial charge in [-0.15, -0.1) is 0 Å². The number of aromatic amines is 1. The Bertz CT molecular complexity index is 997. The van der Waals surface area contributed by atoms with Gasteiger partial charge in [0.2, 0.25) is 5.91 Å². The molecule has 2 N–H and O–H groups in total. The number of anilines is 1. The zero-order chi connectivity index (χ0) is 18.5. The van der Waals surface area contributed by atoms with E-state index in [9.17, 15) is 4.79 Å². The molecule has 0 fully saturated rings. The molecule has 3 rings (SSSR count). The first-order valence-corrected chi connectivity index (χ1v) is 9.20. The monoisotopic (exact) mass is 386 g/mol. The Hall–Kier alpha value is -2.69. The van der Waals surface area contributed by atoms with Crippen molar-refractivity contribution in [2.75, 3.05) is 17.7 Å². The molecule has 3 aromatic rings. The fraction of sp³-hybridized carbons (Fsp3) is 0.167. The second-order valence-corrected chi connectivity index (χ2v) is 6.69. The van der Waals surface area contributed by atoms with E-state index >= 15 is 0 Å². The lowest BCUT2D eigenvalue weighted by atomic mass is 10.2. The maximum absolute atomic E-state index is 12.2. The number of hydrogen-bond donors (Lipinski definition) is 2. The van der Waals surface area contributed by atoms with E-state index < -0.39 is 0 Å². The first-order valence-electron chi connectivity index (χ1n) is 7.84. The molecule has 1 heterocycles. The fourth-order valence-corrected chi connectivity index (χ4v) is 3.18. The quantitative estimate of drug-likeness (QED) is 0.619. The summed E-state index contributed by atoms with van der Waals surface area (Å²) in [4.78, 5) is 19.8. The Balaban J connectivity index is 1.65. The molecule has 0 atom stereocenters. The van der Waals surface area contributed by atoms with Gasteiger partial charge < -0.3 is 15.0 Å². The van der Waals surface area contributed by atoms with Crippen LogP contribution >= 0.6 is 23.4 Å². The summed E-state index contributed by atoms with van der Waals surface area (Å²) in [6.45, 7) is 2.52. The third-order valence-corrected chi connectivity index (χ3v) is 4.57. The molecular weight excluding hydrogens is 372 g/mol. The molecule has 0 radical (unpaired) electrons. The predicted octanol–water partition coefficient (Wildman–Crippen LogP) is 4.22. The predicted molar refractivity (Wildman–Crippen MR) is 103 cm³/mol. The number of benzene rings is 2. The molecule has 0 spiro atoms. The SMILES string of the molecule is CCOc1ccc2nc(SCC(=O)Nc3cc(Cl)ccc3C#N)[nH]c2c1. The van der Waals surface area contributed by atoms with Crippen molar-refractivity contribution in [3.63, 3.8) is 0 Å². The highest BCUT2D eigenvalue weighted by molar-refractivity contribution is 7.99. The number of imidazole rings is 1. The van der Waals surface area contributed by atoms with E-state index in [1.807, 2.05) is 31.2 Å². The van der Waals surface area contributed by atoms with Gasteiger partial charge in [-0.2, -0.15) is 5.26 Å². The Morgan fingerprint density at radius 3 is 3.00 bits per heavy atom. The van der Waals surface area contributed by atoms with Gasteiger partial charge in [0, 0.05) is 11.1 Å². The lowest BCUT2D eigenvalue weighted by Gasteiger charge is -2.06. The summed E-state index contributed by atoms with van der Waals surface area (Å²) in [7, 11) is 0. The first-order chi connectivity index (χ1) is 12.6. The standard InChI is InChI=1S/C18H15ClN4O2S/c1-2-25-13-5-6-14-16(8-13)23-18(22-14)26-10-17(24)21-15-7-12(19)4-3-11(15)9-20/h3-8H,2,10H2,1H3,(H,21,24)(H,22,23). The van der Waals surface area contributed by atoms with E-state index in [-0.39, 0.29) is 11.7 Å². The summed E-state index contributed by atoms with van der Waals surface area (Å²) in [6.07, 6.45) is 0. The maximum Gasteiger partial charge on any atom is 0.234 e. The molecule has 1 amide bonds. The lowest BCUT2D eigenvalue weighted by molar-refractivity contribution is -0.113. The minimum Gasteiger partial charge on any atom is -0.494 e. The number of nitrogens with zero attached hydrogens (tertiary/aromatic N) is 2. The van der Waals surface area contributed by atoms with Crippen LogP contribution in [0.3, 0.4) is 0 Å². The van der Waals surface area contributed by atoms with Crippen LogP contribution in [-0.2, 0) is 4.79 Å². The fourth-order valence-electron chi connectivity index (χ4n) is 2.33. The summed E-state index contributed by atoms with van der Waals surface area (Å²) in [5.74, 6) is 0.669. The van der Waals surface area contributed by atoms with E-state index in [0.717, 1.165) is 16.8 Å². The van der Waals surface area contributed by atoms with Crippen LogP contribution in [0.5, 0.6) is 5.75 Å². The van der Waals surface area contributed by atoms with Crippen LogP contribution in [0.25, 0.3) is 11.0 Å². The molecule has 0 saturated carbocycles. The number of thioether (sulfide) groups is 1. The van der Waals surface area contributed by atoms with Gasteiger partial charge in [-0.3, -0.25) is 4.79 Å². The largest absolute Gasteiger partial charge is 0.494 e. The molecule has 0 aliphatic heterocycles. The van der Waals surface area contributed by atoms with Gasteiger partial charge in [0.1, 0.15) is 11.8 Å². The number of ether oxygens (including phenoxy) is 1. The zero-order valence-electron chi connectivity index (χ0n) is 13.9. The first kappa shape index (κ1) is 18.1. The number of nitriles is 1. The second-order valence-electron chi connectivity index (χ2n) is 5.29. The molecule has 8 heteroatoms. The maximum atomic E-state index is 12.2. The van der Waals surface area contributed by atoms with E-state index in [2.05, 4.69) is 15.3 Å². The Morgan fingerprint density at radius 2 is 2.23 bits per heavy atom. The van der Waals surface area contributed by atoms with Crippen LogP contribution in [0.15, 0.2) is 41.6 Å². The summed E-state index contributed by atoms with van der Waals surface area (Å²) in [6, 6.07) is 12.4. The van der Waals surface area contributed by atoms with Crippen LogP contribution in [0, 0.1) is 11.3 Å². The van der Waals surface area contributed by atoms with Crippen molar-refractivity contribution in [2.24, 2.45) is 0 Å². The Morgan fingerprint density at radius 1 is 1.38 bits per heavy atom. The number of halogens is 1. The van der Waals surface area contributed by atoms with Crippen LogP contribution in [0.2, 0.25) is 5.02 Å². The van der Waals surface area contributed by atoms with Crippen molar-refractivity contribution in [3.05, 3.63) is 47.0 Å². The normalized spacial score (nSPS) is 10.5. The highest BCUT2D eigenvalue weighted by Gasteiger charge is 2.10. The number of carbonyl (C=O) groups is 1. The highest BCUT2D eigenvalue weighted by atomic mass is 35.5. The number of nitrogens with one attached hydrogen (secondary N) is 2. The molecule has 0 bridgehead atoms. The average molecular weight is 387 g/mol. The summed E-state index contributed by atoms with van der Waals surface area (Å²) < 4.78 is 5.46. The molecule has 6 nitrogen and oxygen atoms in total. The second kappa shape index (κ2) is 8.13. The summed E-state index contributed by atoms with van der Waals surface area (Å²) >= 11 is 7.19. The van der Waals surface area contributed by atoms with E-state index in [1.54, 1.807) is 18.2 Å². The van der Waals surface area contributed by atoms with Gasteiger partial charge in [-0.1, -0.05) is 23.4 Å². The minimum atomic E-state index is -0.246. The lowest BCUT2D eigenvalue weighted by Crippen LogP contribution is -2.15. The third kappa shape index (κ3) is 4.28. The Kier molecular flexibility index (Phi) is 5.66. The van der Waals surface area contributed by atoms with Crippen molar-refractivity contribution >= 4 is 46.0 Å². The molecule has 132 valence electrons. The van der Waals surface area contributed by atoms with Crippen molar-refractivity contribution in [1.29, 1.82) is 5.26 Å². The number of rotatable bonds is 6. The van der Waals surface area contributed by atoms with Crippen molar-refractivity contribution in [2.45, 2.75) is 12.1 Å². The number of H-pyrrole nitrogens is 1. The van der Waals surface area contributed by atoms with Crippen molar-refractivity contribution in [3.8, 4) is 11.8 Å². The minimum absolute atomic E-state index is 0.148. The highest BCUT2D eigenvalue weighted by Crippen LogP contribution is 2.24. The number of carbonyl (C=O) groups excluding carboxylic acids is 1. The molecule has 2 aromatic carbocycles. The smallest absolute Gasteiger partial charge is 0.234 e. The third-order valence-electron chi connectivity index (χ3n) is 3.46. The van der Waals surface area contributed by atoms with Crippen LogP contribution in [0.1, 0.15) is 12.5 Å². The van der Waals surface area contributed by atoms with Crippen LogP contribution in [0.4, 0.5) is 5.69 Å². The van der Waals surface area contributed by atoms with Gasteiger partial charge in [0.05, 0.1) is 34.6 Å². The van der Waals surface area contributed by atoms with Crippen molar-refractivity contribution in [1.82, 2.24) is 9.97 Å². The van der Waals surface area contributed by atoms with E-state index in [0.29, 0.717) is 28.0 Å². The van der Waals surface area contributed by atoms with Crippen molar-refractivity contribution < 1.29 is 9.53 Å². The molecule has 0 aliphatic rings. The number of amides is 1. The molecule has 0 unspecified atom stereocenters. The van der Waals surface area contributed by atoms with E-state index in [1.165, 1.54) is 11.8 Å². The number of fused-ring (bicyclic) bond motifs is 1. The summed E-state index contributed by atoms with van der Waals surface area (Å²) in [5.41, 5.74) is 2.41. The van der Waals surface area contributed by atoms with Gasteiger partial charge in [0.15, 0.2) is 5.16 Å². The van der Waals surface area contributed by atoms with Gasteiger partial charge in [-0.25, -0.2) is 4.98 Å². The van der Waals surface area contributed by atoms with Crippen LogP contribution < -0.4 is 10.1 Å². The van der Waals surface area contributed by atoms with E-state index in [4.69, 9.17) is 21.6 Å². The molecular formula is C18H15ClN4O2S. The molecule has 1 aromatic heterocycles. The number of hydrogen-bond acceptors (Lipinski definition) is 5. The van der Waals surface area contributed by atoms with Gasteiger partial charge >= 0.3 is 0 Å². The molecule has 0 aliphatic carbocycles. The van der Waals surface area contributed by atoms with Crippen LogP contribution in [-0.4, -0.2) is 28.2 Å².